The molecule has 7 rings (SSSR count). The summed E-state index contributed by atoms with van der Waals surface area (Å²) < 4.78 is 6.22. The summed E-state index contributed by atoms with van der Waals surface area (Å²) in [7, 11) is 0. The number of nitrogens with one attached hydrogen (secondary N) is 1. The molecule has 12 heteroatoms. The molecule has 1 N–H and O–H groups in total. The third-order valence-electron chi connectivity index (χ3n) is 9.64. The van der Waals surface area contributed by atoms with Gasteiger partial charge in [0.25, 0.3) is 0 Å². The van der Waals surface area contributed by atoms with Gasteiger partial charge in [0, 0.05) is 85.7 Å². The van der Waals surface area contributed by atoms with Crippen molar-refractivity contribution >= 4 is 52.2 Å². The van der Waals surface area contributed by atoms with E-state index in [1.54, 1.807) is 12.4 Å². The second-order valence-corrected chi connectivity index (χ2v) is 13.4. The third kappa shape index (κ3) is 5.81. The van der Waals surface area contributed by atoms with Crippen LogP contribution < -0.4 is 9.64 Å². The van der Waals surface area contributed by atoms with Crippen molar-refractivity contribution in [3.8, 4) is 17.0 Å². The Balaban J connectivity index is 0.968. The van der Waals surface area contributed by atoms with Gasteiger partial charge in [-0.1, -0.05) is 23.2 Å². The minimum Gasteiger partial charge on any atom is -0.486 e. The highest BCUT2D eigenvalue weighted by atomic mass is 35.5. The number of aromatic amines is 1. The van der Waals surface area contributed by atoms with E-state index in [1.807, 2.05) is 41.1 Å². The number of ether oxygens (including phenoxy) is 1. The van der Waals surface area contributed by atoms with Crippen LogP contribution >= 0.6 is 23.2 Å². The number of hydrogen-bond acceptors (Lipinski definition) is 7. The first-order valence-corrected chi connectivity index (χ1v) is 16.2. The second kappa shape index (κ2) is 12.1. The van der Waals surface area contributed by atoms with Gasteiger partial charge in [-0.15, -0.1) is 0 Å². The Kier molecular flexibility index (Phi) is 8.03. The van der Waals surface area contributed by atoms with E-state index in [-0.39, 0.29) is 23.5 Å². The zero-order chi connectivity index (χ0) is 31.1. The van der Waals surface area contributed by atoms with Gasteiger partial charge in [-0.05, 0) is 62.9 Å². The quantitative estimate of drug-likeness (QED) is 0.241. The highest BCUT2D eigenvalue weighted by Gasteiger charge is 2.46. The molecule has 1 spiro atoms. The van der Waals surface area contributed by atoms with Gasteiger partial charge in [0.05, 0.1) is 15.6 Å². The smallest absolute Gasteiger partial charge is 0.319 e. The van der Waals surface area contributed by atoms with Crippen LogP contribution in [0.2, 0.25) is 10.0 Å². The Morgan fingerprint density at radius 1 is 1.02 bits per heavy atom. The molecule has 0 saturated carbocycles. The number of halogens is 2. The molecule has 1 atom stereocenters. The van der Waals surface area contributed by atoms with E-state index in [9.17, 15) is 9.59 Å². The van der Waals surface area contributed by atoms with Crippen LogP contribution in [0.15, 0.2) is 48.9 Å². The number of carbonyl (C=O) groups is 2. The number of amides is 2. The molecule has 3 aromatic heterocycles. The van der Waals surface area contributed by atoms with E-state index in [4.69, 9.17) is 32.9 Å². The molecule has 0 aliphatic carbocycles. The number of rotatable bonds is 6. The largest absolute Gasteiger partial charge is 0.486 e. The maximum atomic E-state index is 13.0. The van der Waals surface area contributed by atoms with Gasteiger partial charge in [-0.3, -0.25) is 10.1 Å². The molecule has 3 fully saturated rings. The van der Waals surface area contributed by atoms with E-state index in [0.717, 1.165) is 86.1 Å². The second-order valence-electron chi connectivity index (χ2n) is 12.5. The van der Waals surface area contributed by atoms with Crippen LogP contribution in [-0.2, 0) is 4.79 Å². The molecule has 4 aromatic rings. The Labute approximate surface area is 271 Å². The topological polar surface area (TPSA) is 108 Å². The van der Waals surface area contributed by atoms with Gasteiger partial charge in [0.2, 0.25) is 0 Å². The van der Waals surface area contributed by atoms with Gasteiger partial charge < -0.3 is 24.2 Å². The molecule has 45 heavy (non-hydrogen) atoms. The number of hydrogen-bond donors (Lipinski definition) is 1. The van der Waals surface area contributed by atoms with Crippen molar-refractivity contribution in [2.75, 3.05) is 44.2 Å². The lowest BCUT2D eigenvalue weighted by molar-refractivity contribution is -0.112. The van der Waals surface area contributed by atoms with Gasteiger partial charge >= 0.3 is 6.03 Å². The predicted molar refractivity (Wildman–Crippen MR) is 174 cm³/mol. The summed E-state index contributed by atoms with van der Waals surface area (Å²) in [6.45, 7) is 6.72. The van der Waals surface area contributed by atoms with Gasteiger partial charge in [0.15, 0.2) is 0 Å². The molecule has 1 aromatic carbocycles. The van der Waals surface area contributed by atoms with Crippen molar-refractivity contribution in [2.24, 2.45) is 11.3 Å². The van der Waals surface area contributed by atoms with E-state index < -0.39 is 0 Å². The standard InChI is InChI=1S/C33H35Cl2N7O3/c1-21(30-26(34)16-36-17-27(30)35)45-24-3-4-28-25(14-24)31(39-38-28)23-2-5-29(37-15-23)42-19-33(20-42)8-12-41(13-9-33)32(44)40-10-6-22(18-43)7-11-40/h2-5,14-18,21-22H,6-13,19-20H2,1H3,(H,38,39)/t21-/m1/s1. The lowest BCUT2D eigenvalue weighted by Crippen LogP contribution is -2.62. The Hall–Kier alpha value is -3.89. The van der Waals surface area contributed by atoms with Crippen molar-refractivity contribution in [1.82, 2.24) is 30.0 Å². The highest BCUT2D eigenvalue weighted by Crippen LogP contribution is 2.43. The van der Waals surface area contributed by atoms with Crippen LogP contribution in [0.5, 0.6) is 5.75 Å². The number of urea groups is 1. The highest BCUT2D eigenvalue weighted by molar-refractivity contribution is 6.35. The number of H-pyrrole nitrogens is 1. The summed E-state index contributed by atoms with van der Waals surface area (Å²) in [6.07, 6.45) is 9.20. The fourth-order valence-electron chi connectivity index (χ4n) is 6.91. The average molecular weight is 649 g/mol. The molecule has 3 saturated heterocycles. The lowest BCUT2D eigenvalue weighted by Gasteiger charge is -2.54. The van der Waals surface area contributed by atoms with Crippen molar-refractivity contribution in [1.29, 1.82) is 0 Å². The fourth-order valence-corrected chi connectivity index (χ4v) is 7.59. The summed E-state index contributed by atoms with van der Waals surface area (Å²) in [4.78, 5) is 39.1. The van der Waals surface area contributed by atoms with E-state index >= 15 is 0 Å². The molecular weight excluding hydrogens is 613 g/mol. The Morgan fingerprint density at radius 3 is 2.40 bits per heavy atom. The number of piperidine rings is 2. The first-order chi connectivity index (χ1) is 21.8. The van der Waals surface area contributed by atoms with Crippen molar-refractivity contribution in [3.05, 3.63) is 64.5 Å². The monoisotopic (exact) mass is 647 g/mol. The van der Waals surface area contributed by atoms with Crippen LogP contribution in [0.4, 0.5) is 10.6 Å². The SMILES string of the molecule is C[C@@H](Oc1ccc2[nH]nc(-c3ccc(N4CC5(CCN(C(=O)N6CCC(C=O)CC6)CC5)C4)nc3)c2c1)c1c(Cl)cncc1Cl. The maximum absolute atomic E-state index is 13.0. The van der Waals surface area contributed by atoms with Crippen LogP contribution in [0.1, 0.15) is 44.3 Å². The number of fused-ring (bicyclic) bond motifs is 1. The number of pyridine rings is 2. The number of nitrogens with zero attached hydrogens (tertiary/aromatic N) is 6. The van der Waals surface area contributed by atoms with Crippen molar-refractivity contribution in [2.45, 2.75) is 38.7 Å². The van der Waals surface area contributed by atoms with Crippen LogP contribution in [0.25, 0.3) is 22.2 Å². The third-order valence-corrected chi connectivity index (χ3v) is 10.2. The molecule has 6 heterocycles. The summed E-state index contributed by atoms with van der Waals surface area (Å²) in [5, 5.41) is 9.54. The van der Waals surface area contributed by atoms with Gasteiger partial charge in [-0.2, -0.15) is 5.10 Å². The number of aromatic nitrogens is 4. The minimum atomic E-state index is -0.374. The van der Waals surface area contributed by atoms with Crippen molar-refractivity contribution in [3.63, 3.8) is 0 Å². The fraction of sp³-hybridized carbons (Fsp3) is 0.424. The number of aldehydes is 1. The Bertz CT molecular complexity index is 1690. The Morgan fingerprint density at radius 2 is 1.73 bits per heavy atom. The number of benzene rings is 1. The van der Waals surface area contributed by atoms with Crippen LogP contribution in [0.3, 0.4) is 0 Å². The molecule has 2 amide bonds. The van der Waals surface area contributed by atoms with E-state index in [2.05, 4.69) is 32.2 Å². The first kappa shape index (κ1) is 29.8. The van der Waals surface area contributed by atoms with Gasteiger partial charge in [-0.25, -0.2) is 9.78 Å². The molecule has 0 unspecified atom stereocenters. The first-order valence-electron chi connectivity index (χ1n) is 15.5. The zero-order valence-corrected chi connectivity index (χ0v) is 26.6. The minimum absolute atomic E-state index is 0.0988. The molecule has 0 bridgehead atoms. The summed E-state index contributed by atoms with van der Waals surface area (Å²) in [5.74, 6) is 1.72. The van der Waals surface area contributed by atoms with Gasteiger partial charge in [0.1, 0.15) is 29.7 Å². The predicted octanol–water partition coefficient (Wildman–Crippen LogP) is 6.40. The van der Waals surface area contributed by atoms with E-state index in [0.29, 0.717) is 34.4 Å². The van der Waals surface area contributed by atoms with Crippen LogP contribution in [-0.4, -0.2) is 81.6 Å². The zero-order valence-electron chi connectivity index (χ0n) is 25.1. The molecule has 234 valence electrons. The lowest BCUT2D eigenvalue weighted by atomic mass is 9.72. The number of anilines is 1. The molecule has 3 aliphatic heterocycles. The molecule has 10 nitrogen and oxygen atoms in total. The van der Waals surface area contributed by atoms with Crippen molar-refractivity contribution < 1.29 is 14.3 Å². The molecular formula is C33H35Cl2N7O3. The molecule has 3 aliphatic rings. The maximum Gasteiger partial charge on any atom is 0.319 e. The number of likely N-dealkylation sites (tertiary alicyclic amines) is 2. The van der Waals surface area contributed by atoms with Crippen LogP contribution in [0, 0.1) is 11.3 Å². The average Bonchev–Trinajstić information content (AvgIpc) is 3.47. The summed E-state index contributed by atoms with van der Waals surface area (Å²) in [5.41, 5.74) is 3.54. The summed E-state index contributed by atoms with van der Waals surface area (Å²) in [6, 6.07) is 10.0. The number of carbonyl (C=O) groups excluding carboxylic acids is 2. The van der Waals surface area contributed by atoms with E-state index in [1.165, 1.54) is 0 Å². The normalized spacial score (nSPS) is 19.0. The molecule has 0 radical (unpaired) electrons. The summed E-state index contributed by atoms with van der Waals surface area (Å²) >= 11 is 12.7.